The van der Waals surface area contributed by atoms with Gasteiger partial charge in [0.25, 0.3) is 5.71 Å². The largest absolute Gasteiger partial charge is 0.368 e. The van der Waals surface area contributed by atoms with Gasteiger partial charge in [-0.05, 0) is 6.92 Å². The highest BCUT2D eigenvalue weighted by Gasteiger charge is 2.48. The van der Waals surface area contributed by atoms with E-state index in [1.807, 2.05) is 14.0 Å². The Bertz CT molecular complexity index is 834. The summed E-state index contributed by atoms with van der Waals surface area (Å²) in [5.74, 6) is 0.812. The Kier molecular flexibility index (Phi) is 2.67. The zero-order valence-corrected chi connectivity index (χ0v) is 12.5. The van der Waals surface area contributed by atoms with Crippen LogP contribution in [0.15, 0.2) is 17.0 Å². The van der Waals surface area contributed by atoms with Crippen molar-refractivity contribution in [1.82, 2.24) is 30.1 Å². The Hall–Kier alpha value is -2.55. The fraction of sp³-hybridized carbons (Fsp3) is 0.462. The minimum atomic E-state index is -0.430. The van der Waals surface area contributed by atoms with Crippen molar-refractivity contribution in [3.05, 3.63) is 23.9 Å². The molecule has 0 aromatic carbocycles. The molecule has 9 nitrogen and oxygen atoms in total. The first-order chi connectivity index (χ1) is 10.6. The van der Waals surface area contributed by atoms with Gasteiger partial charge in [-0.3, -0.25) is 0 Å². The lowest BCUT2D eigenvalue weighted by Gasteiger charge is -2.49. The number of aryl methyl sites for hydroxylation is 2. The topological polar surface area (TPSA) is 95.0 Å². The molecular formula is C13H15N7O2. The van der Waals surface area contributed by atoms with E-state index >= 15 is 0 Å². The van der Waals surface area contributed by atoms with E-state index in [0.717, 1.165) is 22.6 Å². The molecule has 3 aromatic rings. The molecule has 1 fully saturated rings. The van der Waals surface area contributed by atoms with Crippen molar-refractivity contribution in [3.63, 3.8) is 0 Å². The maximum atomic E-state index is 5.75. The summed E-state index contributed by atoms with van der Waals surface area (Å²) in [6.45, 7) is 3.19. The predicted octanol–water partition coefficient (Wildman–Crippen LogP) is 0.417. The number of anilines is 1. The molecule has 0 atom stereocenters. The number of ether oxygens (including phenoxy) is 1. The highest BCUT2D eigenvalue weighted by molar-refractivity contribution is 5.88. The van der Waals surface area contributed by atoms with Crippen LogP contribution in [0.25, 0.3) is 11.1 Å². The third-order valence-corrected chi connectivity index (χ3v) is 4.19. The van der Waals surface area contributed by atoms with Crippen LogP contribution >= 0.6 is 0 Å². The number of hydrogen-bond acceptors (Lipinski definition) is 8. The van der Waals surface area contributed by atoms with Gasteiger partial charge in [-0.15, -0.1) is 5.10 Å². The van der Waals surface area contributed by atoms with Gasteiger partial charge < -0.3 is 14.2 Å². The molecule has 1 aliphatic rings. The molecule has 0 spiro atoms. The Morgan fingerprint density at radius 1 is 1.32 bits per heavy atom. The van der Waals surface area contributed by atoms with Gasteiger partial charge in [-0.25, -0.2) is 9.67 Å². The van der Waals surface area contributed by atoms with Gasteiger partial charge in [0.05, 0.1) is 30.7 Å². The van der Waals surface area contributed by atoms with Crippen molar-refractivity contribution in [2.75, 3.05) is 25.1 Å². The maximum Gasteiger partial charge on any atom is 0.263 e. The third-order valence-electron chi connectivity index (χ3n) is 4.19. The molecular weight excluding hydrogens is 286 g/mol. The summed E-state index contributed by atoms with van der Waals surface area (Å²) < 4.78 is 12.7. The molecule has 0 aliphatic carbocycles. The average Bonchev–Trinajstić information content (AvgIpc) is 3.07. The molecule has 0 amide bonds. The Morgan fingerprint density at radius 3 is 2.82 bits per heavy atom. The van der Waals surface area contributed by atoms with E-state index in [0.29, 0.717) is 18.8 Å². The van der Waals surface area contributed by atoms with Gasteiger partial charge in [0.15, 0.2) is 0 Å². The second-order valence-corrected chi connectivity index (χ2v) is 5.44. The Balaban J connectivity index is 1.70. The molecule has 4 heterocycles. The highest BCUT2D eigenvalue weighted by Crippen LogP contribution is 2.39. The molecule has 9 heteroatoms. The average molecular weight is 301 g/mol. The van der Waals surface area contributed by atoms with Crippen LogP contribution in [-0.2, 0) is 17.4 Å². The molecule has 0 unspecified atom stereocenters. The number of methoxy groups -OCH3 is 1. The van der Waals surface area contributed by atoms with Gasteiger partial charge in [0, 0.05) is 14.2 Å². The lowest BCUT2D eigenvalue weighted by Crippen LogP contribution is -2.61. The van der Waals surface area contributed by atoms with E-state index in [1.54, 1.807) is 18.0 Å². The predicted molar refractivity (Wildman–Crippen MR) is 76.2 cm³/mol. The SMILES string of the molecule is COC1(c2cnnn2C)CN(c2ncnc3onc(C)c23)C1. The van der Waals surface area contributed by atoms with Gasteiger partial charge in [0.1, 0.15) is 23.1 Å². The summed E-state index contributed by atoms with van der Waals surface area (Å²) in [5.41, 5.74) is 1.79. The first-order valence-corrected chi connectivity index (χ1v) is 6.87. The van der Waals surface area contributed by atoms with Crippen molar-refractivity contribution in [1.29, 1.82) is 0 Å². The molecule has 1 saturated heterocycles. The minimum absolute atomic E-state index is 0.430. The summed E-state index contributed by atoms with van der Waals surface area (Å²) in [5, 5.41) is 12.7. The van der Waals surface area contributed by atoms with Gasteiger partial charge in [-0.1, -0.05) is 10.4 Å². The third kappa shape index (κ3) is 1.65. The number of rotatable bonds is 3. The van der Waals surface area contributed by atoms with Crippen LogP contribution in [0.2, 0.25) is 0 Å². The van der Waals surface area contributed by atoms with Gasteiger partial charge in [0.2, 0.25) is 0 Å². The van der Waals surface area contributed by atoms with Crippen molar-refractivity contribution < 1.29 is 9.26 Å². The Morgan fingerprint density at radius 2 is 2.14 bits per heavy atom. The zero-order valence-electron chi connectivity index (χ0n) is 12.5. The molecule has 0 saturated carbocycles. The Labute approximate surface area is 125 Å². The van der Waals surface area contributed by atoms with E-state index in [2.05, 4.69) is 30.3 Å². The molecule has 3 aromatic heterocycles. The second-order valence-electron chi connectivity index (χ2n) is 5.44. The van der Waals surface area contributed by atoms with Crippen LogP contribution < -0.4 is 4.90 Å². The van der Waals surface area contributed by atoms with E-state index in [9.17, 15) is 0 Å². The maximum absolute atomic E-state index is 5.75. The van der Waals surface area contributed by atoms with E-state index in [-0.39, 0.29) is 0 Å². The van der Waals surface area contributed by atoms with Crippen LogP contribution in [0.3, 0.4) is 0 Å². The molecule has 4 rings (SSSR count). The summed E-state index contributed by atoms with van der Waals surface area (Å²) in [7, 11) is 3.56. The smallest absolute Gasteiger partial charge is 0.263 e. The second kappa shape index (κ2) is 4.47. The highest BCUT2D eigenvalue weighted by atomic mass is 16.5. The summed E-state index contributed by atoms with van der Waals surface area (Å²) in [4.78, 5) is 10.6. The molecule has 22 heavy (non-hydrogen) atoms. The molecule has 1 aliphatic heterocycles. The van der Waals surface area contributed by atoms with Crippen LogP contribution in [0, 0.1) is 6.92 Å². The van der Waals surface area contributed by atoms with E-state index < -0.39 is 5.60 Å². The van der Waals surface area contributed by atoms with Crippen LogP contribution in [0.5, 0.6) is 0 Å². The lowest BCUT2D eigenvalue weighted by molar-refractivity contribution is -0.0446. The quantitative estimate of drug-likeness (QED) is 0.686. The first-order valence-electron chi connectivity index (χ1n) is 6.87. The van der Waals surface area contributed by atoms with Crippen molar-refractivity contribution in [3.8, 4) is 0 Å². The summed E-state index contributed by atoms with van der Waals surface area (Å²) in [6.07, 6.45) is 3.22. The van der Waals surface area contributed by atoms with E-state index in [1.165, 1.54) is 6.33 Å². The number of nitrogens with zero attached hydrogens (tertiary/aromatic N) is 7. The van der Waals surface area contributed by atoms with Gasteiger partial charge in [-0.2, -0.15) is 4.98 Å². The zero-order chi connectivity index (χ0) is 15.3. The van der Waals surface area contributed by atoms with E-state index in [4.69, 9.17) is 9.26 Å². The van der Waals surface area contributed by atoms with Crippen LogP contribution in [0.4, 0.5) is 5.82 Å². The van der Waals surface area contributed by atoms with Crippen molar-refractivity contribution in [2.24, 2.45) is 7.05 Å². The normalized spacial score (nSPS) is 17.0. The number of fused-ring (bicyclic) bond motifs is 1. The van der Waals surface area contributed by atoms with Crippen LogP contribution in [0.1, 0.15) is 11.4 Å². The van der Waals surface area contributed by atoms with Crippen LogP contribution in [-0.4, -0.2) is 50.3 Å². The first kappa shape index (κ1) is 13.1. The fourth-order valence-corrected chi connectivity index (χ4v) is 2.96. The van der Waals surface area contributed by atoms with Crippen molar-refractivity contribution in [2.45, 2.75) is 12.5 Å². The molecule has 0 radical (unpaired) electrons. The number of aromatic nitrogens is 6. The molecule has 0 N–H and O–H groups in total. The van der Waals surface area contributed by atoms with Gasteiger partial charge >= 0.3 is 0 Å². The number of hydrogen-bond donors (Lipinski definition) is 0. The monoisotopic (exact) mass is 301 g/mol. The minimum Gasteiger partial charge on any atom is -0.368 e. The summed E-state index contributed by atoms with van der Waals surface area (Å²) >= 11 is 0. The summed E-state index contributed by atoms with van der Waals surface area (Å²) in [6, 6.07) is 0. The molecule has 114 valence electrons. The standard InChI is InChI=1S/C13H15N7O2/c1-8-10-11(14-7-15-12(10)22-17-8)20-5-13(6-20,21-3)9-4-16-18-19(9)2/h4,7H,5-6H2,1-3H3. The fourth-order valence-electron chi connectivity index (χ4n) is 2.96. The lowest BCUT2D eigenvalue weighted by atomic mass is 9.90. The van der Waals surface area contributed by atoms with Crippen molar-refractivity contribution >= 4 is 16.9 Å². The molecule has 0 bridgehead atoms.